The molecule has 7 rings (SSSR count). The van der Waals surface area contributed by atoms with E-state index < -0.39 is 0 Å². The van der Waals surface area contributed by atoms with E-state index >= 15 is 0 Å². The molecule has 45 heavy (non-hydrogen) atoms. The van der Waals surface area contributed by atoms with Crippen LogP contribution in [0.5, 0.6) is 0 Å². The van der Waals surface area contributed by atoms with Crippen LogP contribution in [-0.2, 0) is 17.9 Å². The summed E-state index contributed by atoms with van der Waals surface area (Å²) in [6.45, 7) is 1.94. The molecular formula is C31H26N10O2S2. The summed E-state index contributed by atoms with van der Waals surface area (Å²) in [5.74, 6) is 2.08. The van der Waals surface area contributed by atoms with E-state index in [0.29, 0.717) is 34.8 Å². The molecule has 12 nitrogen and oxygen atoms in total. The second-order valence-corrected chi connectivity index (χ2v) is 12.2. The van der Waals surface area contributed by atoms with Crippen molar-refractivity contribution in [3.05, 3.63) is 134 Å². The number of aryl methyl sites for hydroxylation is 1. The molecule has 14 heteroatoms. The Labute approximate surface area is 264 Å². The van der Waals surface area contributed by atoms with Crippen LogP contribution in [0, 0.1) is 6.92 Å². The minimum Gasteiger partial charge on any atom is -0.322 e. The number of nitrogens with zero attached hydrogens (tertiary/aromatic N) is 7. The van der Waals surface area contributed by atoms with Crippen LogP contribution in [0.2, 0.25) is 0 Å². The maximum Gasteiger partial charge on any atom is 0.274 e. The van der Waals surface area contributed by atoms with Crippen molar-refractivity contribution in [2.75, 3.05) is 0 Å². The van der Waals surface area contributed by atoms with Gasteiger partial charge in [-0.25, -0.2) is 24.6 Å². The molecule has 0 bridgehead atoms. The third-order valence-corrected chi connectivity index (χ3v) is 8.80. The first kappa shape index (κ1) is 28.6. The first-order valence-corrected chi connectivity index (χ1v) is 16.0. The Morgan fingerprint density at radius 3 is 2.36 bits per heavy atom. The van der Waals surface area contributed by atoms with Crippen LogP contribution in [0.3, 0.4) is 0 Å². The molecular weight excluding hydrogens is 609 g/mol. The summed E-state index contributed by atoms with van der Waals surface area (Å²) >= 11 is 3.07. The van der Waals surface area contributed by atoms with Crippen molar-refractivity contribution in [2.45, 2.75) is 34.9 Å². The first-order valence-electron chi connectivity index (χ1n) is 14.0. The Morgan fingerprint density at radius 1 is 0.778 bits per heavy atom. The fraction of sp³-hybridized carbons (Fsp3) is 0.129. The smallest absolute Gasteiger partial charge is 0.274 e. The number of aromatic amines is 3. The van der Waals surface area contributed by atoms with Crippen LogP contribution in [0.15, 0.2) is 105 Å². The van der Waals surface area contributed by atoms with Gasteiger partial charge in [-0.05, 0) is 55.0 Å². The topological polar surface area (TPSA) is 156 Å². The Kier molecular flexibility index (Phi) is 7.88. The minimum absolute atomic E-state index is 0.173. The number of H-pyrrole nitrogens is 3. The zero-order valence-corrected chi connectivity index (χ0v) is 25.6. The Morgan fingerprint density at radius 2 is 1.56 bits per heavy atom. The zero-order chi connectivity index (χ0) is 30.8. The number of aromatic nitrogens is 10. The van der Waals surface area contributed by atoms with Gasteiger partial charge in [0.05, 0.1) is 11.0 Å². The highest BCUT2D eigenvalue weighted by Gasteiger charge is 2.13. The Hall–Kier alpha value is -5.21. The number of hydrogen-bond donors (Lipinski definition) is 3. The summed E-state index contributed by atoms with van der Waals surface area (Å²) in [6.07, 6.45) is 5.72. The van der Waals surface area contributed by atoms with Crippen LogP contribution >= 0.6 is 23.5 Å². The van der Waals surface area contributed by atoms with Crippen molar-refractivity contribution in [2.24, 2.45) is 0 Å². The Bertz CT molecular complexity index is 2220. The van der Waals surface area contributed by atoms with Gasteiger partial charge < -0.3 is 4.98 Å². The molecule has 0 aliphatic carbocycles. The van der Waals surface area contributed by atoms with Gasteiger partial charge >= 0.3 is 0 Å². The molecule has 0 saturated heterocycles. The fourth-order valence-corrected chi connectivity index (χ4v) is 6.42. The van der Waals surface area contributed by atoms with E-state index in [1.165, 1.54) is 21.1 Å². The van der Waals surface area contributed by atoms with Gasteiger partial charge in [-0.2, -0.15) is 4.68 Å². The molecule has 7 aromatic rings. The highest BCUT2D eigenvalue weighted by molar-refractivity contribution is 7.98. The standard InChI is InChI=1S/C31H26N10O2S2/c1-19-12-21(35-31(34-19)45-18-23-15-28(42)40(38-23)27-4-2-3-9-33-27)13-20-5-6-25-26(14-20)37-30(36-25)41-29(43)16-22(39-41)17-44-24-7-10-32-11-8-24/h2-12,14-16,38-39H,13,17-18H2,1H3,(H,36,37). The molecule has 1 aromatic carbocycles. The van der Waals surface area contributed by atoms with E-state index in [1.807, 2.05) is 49.4 Å². The van der Waals surface area contributed by atoms with E-state index in [4.69, 9.17) is 9.97 Å². The lowest BCUT2D eigenvalue weighted by Gasteiger charge is -2.06. The monoisotopic (exact) mass is 634 g/mol. The van der Waals surface area contributed by atoms with Gasteiger partial charge in [0.1, 0.15) is 0 Å². The van der Waals surface area contributed by atoms with Crippen molar-refractivity contribution in [3.63, 3.8) is 0 Å². The SMILES string of the molecule is Cc1cc(Cc2ccc3[nH]c(-n4[nH]c(CSc5ccncc5)cc4=O)nc3c2)nc(SCc2cc(=O)n(-c3ccccn3)[nH]2)n1. The van der Waals surface area contributed by atoms with Gasteiger partial charge in [-0.3, -0.25) is 24.8 Å². The lowest BCUT2D eigenvalue weighted by molar-refractivity contribution is 0.789. The highest BCUT2D eigenvalue weighted by atomic mass is 32.2. The minimum atomic E-state index is -0.182. The Balaban J connectivity index is 1.04. The summed E-state index contributed by atoms with van der Waals surface area (Å²) < 4.78 is 2.85. The molecule has 0 aliphatic heterocycles. The third-order valence-electron chi connectivity index (χ3n) is 6.84. The molecule has 6 aromatic heterocycles. The molecule has 3 N–H and O–H groups in total. The zero-order valence-electron chi connectivity index (χ0n) is 24.0. The number of hydrogen-bond acceptors (Lipinski definition) is 9. The van der Waals surface area contributed by atoms with Crippen molar-refractivity contribution in [1.29, 1.82) is 0 Å². The van der Waals surface area contributed by atoms with Gasteiger partial charge in [0.15, 0.2) is 11.0 Å². The average molecular weight is 635 g/mol. The van der Waals surface area contributed by atoms with E-state index in [0.717, 1.165) is 44.3 Å². The lowest BCUT2D eigenvalue weighted by Crippen LogP contribution is -2.14. The van der Waals surface area contributed by atoms with Gasteiger partial charge in [-0.1, -0.05) is 23.9 Å². The maximum atomic E-state index is 12.7. The van der Waals surface area contributed by atoms with Crippen molar-refractivity contribution < 1.29 is 0 Å². The molecule has 0 amide bonds. The quantitative estimate of drug-likeness (QED) is 0.145. The molecule has 0 unspecified atom stereocenters. The van der Waals surface area contributed by atoms with Crippen molar-refractivity contribution >= 4 is 34.6 Å². The van der Waals surface area contributed by atoms with Crippen LogP contribution in [0.25, 0.3) is 22.8 Å². The summed E-state index contributed by atoms with van der Waals surface area (Å²) in [7, 11) is 0. The normalized spacial score (nSPS) is 11.4. The molecule has 0 spiro atoms. The summed E-state index contributed by atoms with van der Waals surface area (Å²) in [6, 6.07) is 20.4. The molecule has 0 atom stereocenters. The van der Waals surface area contributed by atoms with Gasteiger partial charge in [0.25, 0.3) is 11.1 Å². The van der Waals surface area contributed by atoms with Crippen molar-refractivity contribution in [3.8, 4) is 11.8 Å². The number of imidazole rings is 1. The number of pyridine rings is 2. The van der Waals surface area contributed by atoms with E-state index in [2.05, 4.69) is 30.1 Å². The predicted octanol–water partition coefficient (Wildman–Crippen LogP) is 4.58. The molecule has 6 heterocycles. The van der Waals surface area contributed by atoms with Crippen LogP contribution in [0.1, 0.15) is 28.3 Å². The maximum absolute atomic E-state index is 12.7. The molecule has 224 valence electrons. The fourth-order valence-electron chi connectivity index (χ4n) is 4.81. The van der Waals surface area contributed by atoms with Crippen LogP contribution in [-0.4, -0.2) is 49.5 Å². The van der Waals surface area contributed by atoms with Gasteiger partial charge in [0.2, 0.25) is 5.95 Å². The molecule has 0 saturated carbocycles. The number of thioether (sulfide) groups is 2. The summed E-state index contributed by atoms with van der Waals surface area (Å²) in [5, 5.41) is 6.91. The van der Waals surface area contributed by atoms with Crippen LogP contribution in [0.4, 0.5) is 0 Å². The molecule has 0 fully saturated rings. The van der Waals surface area contributed by atoms with E-state index in [-0.39, 0.29) is 11.1 Å². The largest absolute Gasteiger partial charge is 0.322 e. The average Bonchev–Trinajstić information content (AvgIpc) is 3.75. The van der Waals surface area contributed by atoms with Crippen molar-refractivity contribution in [1.82, 2.24) is 49.5 Å². The number of fused-ring (bicyclic) bond motifs is 1. The van der Waals surface area contributed by atoms with Crippen LogP contribution < -0.4 is 11.1 Å². The number of nitrogens with one attached hydrogen (secondary N) is 3. The lowest BCUT2D eigenvalue weighted by atomic mass is 10.1. The van der Waals surface area contributed by atoms with Gasteiger partial charge in [0, 0.05) is 76.3 Å². The molecule has 0 aliphatic rings. The second kappa shape index (κ2) is 12.4. The summed E-state index contributed by atoms with van der Waals surface area (Å²) in [4.78, 5) is 51.8. The molecule has 0 radical (unpaired) electrons. The van der Waals surface area contributed by atoms with E-state index in [9.17, 15) is 9.59 Å². The first-order chi connectivity index (χ1) is 22.0. The second-order valence-electron chi connectivity index (χ2n) is 10.2. The highest BCUT2D eigenvalue weighted by Crippen LogP contribution is 2.23. The predicted molar refractivity (Wildman–Crippen MR) is 173 cm³/mol. The van der Waals surface area contributed by atoms with E-state index in [1.54, 1.807) is 54.6 Å². The number of benzene rings is 1. The summed E-state index contributed by atoms with van der Waals surface area (Å²) in [5.41, 5.74) is 5.52. The van der Waals surface area contributed by atoms with Gasteiger partial charge in [-0.15, -0.1) is 11.8 Å². The third kappa shape index (κ3) is 6.51. The number of rotatable bonds is 10.